The molecule has 0 spiro atoms. The molecule has 1 aromatic heterocycles. The number of fused-ring (bicyclic) bond motifs is 1. The van der Waals surface area contributed by atoms with Gasteiger partial charge in [0.05, 0.1) is 21.8 Å². The standard InChI is InChI=1S/C24H19F2N3O2S/c1-14-10-11-18(13-20(14)26)29-23(31)19-8-3-4-9-21(19)28-24(29)32-15(2)22(30)27-17-7-5-6-16(25)12-17/h3-13,15H,1-2H3,(H,27,30). The molecule has 4 rings (SSSR count). The molecule has 162 valence electrons. The fourth-order valence-corrected chi connectivity index (χ4v) is 4.09. The highest BCUT2D eigenvalue weighted by Crippen LogP contribution is 2.26. The first-order valence-corrected chi connectivity index (χ1v) is 10.7. The van der Waals surface area contributed by atoms with Crippen LogP contribution >= 0.6 is 11.8 Å². The third kappa shape index (κ3) is 4.40. The van der Waals surface area contributed by atoms with Crippen molar-refractivity contribution in [2.24, 2.45) is 0 Å². The minimum absolute atomic E-state index is 0.249. The Hall–Kier alpha value is -3.52. The summed E-state index contributed by atoms with van der Waals surface area (Å²) < 4.78 is 29.0. The van der Waals surface area contributed by atoms with E-state index >= 15 is 0 Å². The smallest absolute Gasteiger partial charge is 0.266 e. The molecule has 8 heteroatoms. The maximum Gasteiger partial charge on any atom is 0.266 e. The van der Waals surface area contributed by atoms with E-state index in [1.165, 1.54) is 28.8 Å². The van der Waals surface area contributed by atoms with Crippen LogP contribution in [0.1, 0.15) is 12.5 Å². The van der Waals surface area contributed by atoms with Crippen molar-refractivity contribution in [1.82, 2.24) is 9.55 Å². The van der Waals surface area contributed by atoms with Crippen LogP contribution in [0.2, 0.25) is 0 Å². The van der Waals surface area contributed by atoms with E-state index in [1.54, 1.807) is 56.3 Å². The summed E-state index contributed by atoms with van der Waals surface area (Å²) in [5, 5.41) is 2.62. The summed E-state index contributed by atoms with van der Waals surface area (Å²) in [5.74, 6) is -1.30. The summed E-state index contributed by atoms with van der Waals surface area (Å²) in [7, 11) is 0. The molecule has 0 saturated heterocycles. The third-order valence-corrected chi connectivity index (χ3v) is 5.95. The molecule has 5 nitrogen and oxygen atoms in total. The molecule has 1 unspecified atom stereocenters. The van der Waals surface area contributed by atoms with Crippen LogP contribution in [-0.4, -0.2) is 20.7 Å². The molecule has 0 radical (unpaired) electrons. The van der Waals surface area contributed by atoms with E-state index in [0.717, 1.165) is 11.8 Å². The van der Waals surface area contributed by atoms with Crippen molar-refractivity contribution >= 4 is 34.3 Å². The lowest BCUT2D eigenvalue weighted by atomic mass is 10.2. The zero-order valence-corrected chi connectivity index (χ0v) is 18.1. The van der Waals surface area contributed by atoms with Gasteiger partial charge in [0.2, 0.25) is 5.91 Å². The maximum absolute atomic E-state index is 14.3. The molecule has 1 heterocycles. The lowest BCUT2D eigenvalue weighted by Gasteiger charge is -2.17. The monoisotopic (exact) mass is 451 g/mol. The van der Waals surface area contributed by atoms with Crippen LogP contribution in [0.15, 0.2) is 76.7 Å². The van der Waals surface area contributed by atoms with E-state index in [1.807, 2.05) is 0 Å². The van der Waals surface area contributed by atoms with Crippen LogP contribution in [0.4, 0.5) is 14.5 Å². The van der Waals surface area contributed by atoms with Gasteiger partial charge in [-0.15, -0.1) is 0 Å². The van der Waals surface area contributed by atoms with Gasteiger partial charge in [-0.05, 0) is 61.9 Å². The second-order valence-electron chi connectivity index (χ2n) is 7.25. The van der Waals surface area contributed by atoms with Crippen LogP contribution in [-0.2, 0) is 4.79 Å². The highest BCUT2D eigenvalue weighted by atomic mass is 32.2. The number of para-hydroxylation sites is 1. The molecule has 0 aliphatic heterocycles. The third-order valence-electron chi connectivity index (χ3n) is 4.90. The van der Waals surface area contributed by atoms with Gasteiger partial charge in [-0.2, -0.15) is 0 Å². The normalized spacial score (nSPS) is 12.0. The minimum atomic E-state index is -0.673. The molecule has 1 atom stereocenters. The minimum Gasteiger partial charge on any atom is -0.325 e. The molecule has 32 heavy (non-hydrogen) atoms. The Kier molecular flexibility index (Phi) is 6.05. The Labute approximate surface area is 187 Å². The number of benzene rings is 3. The average molecular weight is 451 g/mol. The first kappa shape index (κ1) is 21.7. The Balaban J connectivity index is 1.74. The topological polar surface area (TPSA) is 64.0 Å². The molecule has 0 aliphatic rings. The second kappa shape index (κ2) is 8.92. The number of carbonyl (C=O) groups excluding carboxylic acids is 1. The molecular formula is C24H19F2N3O2S. The summed E-state index contributed by atoms with van der Waals surface area (Å²) >= 11 is 1.06. The Morgan fingerprint density at radius 3 is 2.59 bits per heavy atom. The van der Waals surface area contributed by atoms with Gasteiger partial charge in [0.25, 0.3) is 5.56 Å². The number of carbonyl (C=O) groups is 1. The van der Waals surface area contributed by atoms with Crippen molar-refractivity contribution in [3.8, 4) is 5.69 Å². The van der Waals surface area contributed by atoms with E-state index in [4.69, 9.17) is 0 Å². The zero-order chi connectivity index (χ0) is 22.8. The van der Waals surface area contributed by atoms with Crippen LogP contribution in [0.5, 0.6) is 0 Å². The van der Waals surface area contributed by atoms with Gasteiger partial charge in [0.1, 0.15) is 11.6 Å². The lowest BCUT2D eigenvalue weighted by Crippen LogP contribution is -2.26. The summed E-state index contributed by atoms with van der Waals surface area (Å²) in [6.45, 7) is 3.29. The molecular weight excluding hydrogens is 432 g/mol. The number of nitrogens with zero attached hydrogens (tertiary/aromatic N) is 2. The van der Waals surface area contributed by atoms with E-state index in [9.17, 15) is 18.4 Å². The predicted octanol–water partition coefficient (Wildman–Crippen LogP) is 5.09. The van der Waals surface area contributed by atoms with E-state index in [-0.39, 0.29) is 16.6 Å². The van der Waals surface area contributed by atoms with Crippen molar-refractivity contribution < 1.29 is 13.6 Å². The van der Waals surface area contributed by atoms with Crippen molar-refractivity contribution in [1.29, 1.82) is 0 Å². The van der Waals surface area contributed by atoms with E-state index < -0.39 is 16.9 Å². The average Bonchev–Trinajstić information content (AvgIpc) is 2.76. The van der Waals surface area contributed by atoms with Crippen molar-refractivity contribution in [3.05, 3.63) is 94.3 Å². The highest BCUT2D eigenvalue weighted by molar-refractivity contribution is 8.00. The first-order chi connectivity index (χ1) is 15.3. The fraction of sp³-hybridized carbons (Fsp3) is 0.125. The number of nitrogens with one attached hydrogen (secondary N) is 1. The molecule has 0 saturated carbocycles. The van der Waals surface area contributed by atoms with Gasteiger partial charge >= 0.3 is 0 Å². The zero-order valence-electron chi connectivity index (χ0n) is 17.3. The Morgan fingerprint density at radius 1 is 1.06 bits per heavy atom. The lowest BCUT2D eigenvalue weighted by molar-refractivity contribution is -0.115. The van der Waals surface area contributed by atoms with E-state index in [0.29, 0.717) is 27.8 Å². The van der Waals surface area contributed by atoms with Gasteiger partial charge < -0.3 is 5.32 Å². The van der Waals surface area contributed by atoms with Crippen molar-refractivity contribution in [3.63, 3.8) is 0 Å². The molecule has 0 bridgehead atoms. The first-order valence-electron chi connectivity index (χ1n) is 9.85. The van der Waals surface area contributed by atoms with Gasteiger partial charge in [-0.25, -0.2) is 13.8 Å². The van der Waals surface area contributed by atoms with Crippen LogP contribution < -0.4 is 10.9 Å². The number of rotatable bonds is 5. The van der Waals surface area contributed by atoms with Crippen molar-refractivity contribution in [2.45, 2.75) is 24.3 Å². The molecule has 0 aliphatic carbocycles. The predicted molar refractivity (Wildman–Crippen MR) is 122 cm³/mol. The Morgan fingerprint density at radius 2 is 1.84 bits per heavy atom. The molecule has 0 fully saturated rings. The molecule has 1 N–H and O–H groups in total. The number of aryl methyl sites for hydroxylation is 1. The van der Waals surface area contributed by atoms with Gasteiger partial charge in [-0.1, -0.05) is 36.0 Å². The number of amides is 1. The van der Waals surface area contributed by atoms with Gasteiger partial charge in [0, 0.05) is 5.69 Å². The SMILES string of the molecule is Cc1ccc(-n2c(SC(C)C(=O)Nc3cccc(F)c3)nc3ccccc3c2=O)cc1F. The molecule has 1 amide bonds. The number of halogens is 2. The van der Waals surface area contributed by atoms with Crippen LogP contribution in [0, 0.1) is 18.6 Å². The number of hydrogen-bond donors (Lipinski definition) is 1. The van der Waals surface area contributed by atoms with Gasteiger partial charge in [0.15, 0.2) is 5.16 Å². The number of anilines is 1. The van der Waals surface area contributed by atoms with Gasteiger partial charge in [-0.3, -0.25) is 14.2 Å². The van der Waals surface area contributed by atoms with Crippen LogP contribution in [0.25, 0.3) is 16.6 Å². The summed E-state index contributed by atoms with van der Waals surface area (Å²) in [6.07, 6.45) is 0. The number of hydrogen-bond acceptors (Lipinski definition) is 4. The summed E-state index contributed by atoms with van der Waals surface area (Å²) in [6, 6.07) is 16.9. The molecule has 4 aromatic rings. The van der Waals surface area contributed by atoms with Crippen molar-refractivity contribution in [2.75, 3.05) is 5.32 Å². The fourth-order valence-electron chi connectivity index (χ4n) is 3.16. The molecule has 3 aromatic carbocycles. The second-order valence-corrected chi connectivity index (χ2v) is 8.55. The number of thioether (sulfide) groups is 1. The van der Waals surface area contributed by atoms with E-state index in [2.05, 4.69) is 10.3 Å². The quantitative estimate of drug-likeness (QED) is 0.339. The van der Waals surface area contributed by atoms with Crippen LogP contribution in [0.3, 0.4) is 0 Å². The highest BCUT2D eigenvalue weighted by Gasteiger charge is 2.21. The Bertz CT molecular complexity index is 1390. The largest absolute Gasteiger partial charge is 0.325 e. The summed E-state index contributed by atoms with van der Waals surface area (Å²) in [4.78, 5) is 30.5. The summed E-state index contributed by atoms with van der Waals surface area (Å²) in [5.41, 5.74) is 1.21. The number of aromatic nitrogens is 2. The maximum atomic E-state index is 14.3.